The molecule has 138 valence electrons. The van der Waals surface area contributed by atoms with Crippen molar-refractivity contribution in [2.75, 3.05) is 19.8 Å². The Bertz CT molecular complexity index is 826. The van der Waals surface area contributed by atoms with Gasteiger partial charge in [-0.05, 0) is 31.5 Å². The van der Waals surface area contributed by atoms with Gasteiger partial charge in [0.05, 0.1) is 36.9 Å². The molecule has 26 heavy (non-hydrogen) atoms. The Morgan fingerprint density at radius 3 is 2.54 bits per heavy atom. The van der Waals surface area contributed by atoms with Crippen LogP contribution in [0.4, 0.5) is 0 Å². The fourth-order valence-electron chi connectivity index (χ4n) is 3.45. The van der Waals surface area contributed by atoms with E-state index in [1.807, 2.05) is 30.5 Å². The Kier molecular flexibility index (Phi) is 5.08. The first-order valence-corrected chi connectivity index (χ1v) is 8.58. The minimum Gasteiger partial charge on any atom is -0.478 e. The van der Waals surface area contributed by atoms with E-state index in [2.05, 4.69) is 5.10 Å². The molecule has 0 saturated carbocycles. The first-order chi connectivity index (χ1) is 12.4. The van der Waals surface area contributed by atoms with E-state index in [4.69, 9.17) is 9.84 Å². The largest absolute Gasteiger partial charge is 0.478 e. The van der Waals surface area contributed by atoms with Crippen LogP contribution < -0.4 is 0 Å². The van der Waals surface area contributed by atoms with Crippen LogP contribution in [-0.4, -0.2) is 51.4 Å². The van der Waals surface area contributed by atoms with Crippen molar-refractivity contribution in [1.29, 1.82) is 0 Å². The molecule has 2 aromatic rings. The number of rotatable bonds is 4. The molecule has 1 atom stereocenters. The van der Waals surface area contributed by atoms with Crippen LogP contribution >= 0.6 is 0 Å². The summed E-state index contributed by atoms with van der Waals surface area (Å²) in [7, 11) is 1.89. The van der Waals surface area contributed by atoms with Crippen LogP contribution in [-0.2, 0) is 23.0 Å². The van der Waals surface area contributed by atoms with Crippen molar-refractivity contribution in [2.24, 2.45) is 7.05 Å². The highest BCUT2D eigenvalue weighted by Gasteiger charge is 2.32. The number of nitrogens with zero attached hydrogens (tertiary/aromatic N) is 3. The summed E-state index contributed by atoms with van der Waals surface area (Å²) in [6, 6.07) is 6.28. The molecule has 3 rings (SSSR count). The number of carboxylic acid groups (broad SMARTS) is 1. The van der Waals surface area contributed by atoms with Gasteiger partial charge < -0.3 is 14.7 Å². The van der Waals surface area contributed by atoms with Gasteiger partial charge in [-0.25, -0.2) is 4.79 Å². The first kappa shape index (κ1) is 18.1. The SMILES string of the molecule is Cc1nn(C)c(C)c1C1COCCN1C(=O)Cc1ccc(C(=O)O)cc1. The van der Waals surface area contributed by atoms with Gasteiger partial charge in [0.1, 0.15) is 0 Å². The number of carbonyl (C=O) groups excluding carboxylic acids is 1. The highest BCUT2D eigenvalue weighted by atomic mass is 16.5. The van der Waals surface area contributed by atoms with Gasteiger partial charge >= 0.3 is 5.97 Å². The molecule has 1 amide bonds. The molecule has 0 aliphatic carbocycles. The second kappa shape index (κ2) is 7.29. The van der Waals surface area contributed by atoms with Gasteiger partial charge in [0.25, 0.3) is 0 Å². The molecule has 1 unspecified atom stereocenters. The standard InChI is InChI=1S/C19H23N3O4/c1-12-18(13(2)21(3)20-12)16-11-26-9-8-22(16)17(23)10-14-4-6-15(7-5-14)19(24)25/h4-7,16H,8-11H2,1-3H3,(H,24,25). The van der Waals surface area contributed by atoms with Crippen LogP contribution in [0.2, 0.25) is 0 Å². The zero-order valence-electron chi connectivity index (χ0n) is 15.2. The van der Waals surface area contributed by atoms with Crippen molar-refractivity contribution in [2.45, 2.75) is 26.3 Å². The molecule has 0 radical (unpaired) electrons. The van der Waals surface area contributed by atoms with Crippen molar-refractivity contribution in [3.63, 3.8) is 0 Å². The predicted octanol–water partition coefficient (Wildman–Crippen LogP) is 1.88. The van der Waals surface area contributed by atoms with Gasteiger partial charge in [-0.2, -0.15) is 5.10 Å². The van der Waals surface area contributed by atoms with Crippen molar-refractivity contribution >= 4 is 11.9 Å². The number of hydrogen-bond acceptors (Lipinski definition) is 4. The summed E-state index contributed by atoms with van der Waals surface area (Å²) >= 11 is 0. The number of benzene rings is 1. The predicted molar refractivity (Wildman–Crippen MR) is 95.1 cm³/mol. The lowest BCUT2D eigenvalue weighted by Crippen LogP contribution is -2.44. The maximum absolute atomic E-state index is 12.9. The molecule has 1 aromatic carbocycles. The smallest absolute Gasteiger partial charge is 0.335 e. The lowest BCUT2D eigenvalue weighted by molar-refractivity contribution is -0.139. The Hall–Kier alpha value is -2.67. The fraction of sp³-hybridized carbons (Fsp3) is 0.421. The quantitative estimate of drug-likeness (QED) is 0.903. The third-order valence-electron chi connectivity index (χ3n) is 4.90. The summed E-state index contributed by atoms with van der Waals surface area (Å²) < 4.78 is 7.46. The van der Waals surface area contributed by atoms with Gasteiger partial charge in [-0.3, -0.25) is 9.48 Å². The van der Waals surface area contributed by atoms with Crippen LogP contribution in [0.15, 0.2) is 24.3 Å². The highest BCUT2D eigenvalue weighted by molar-refractivity contribution is 5.87. The minimum atomic E-state index is -0.973. The van der Waals surface area contributed by atoms with Gasteiger partial charge in [0.15, 0.2) is 0 Å². The number of amides is 1. The van der Waals surface area contributed by atoms with Crippen molar-refractivity contribution in [3.8, 4) is 0 Å². The molecule has 2 heterocycles. The van der Waals surface area contributed by atoms with Crippen molar-refractivity contribution in [1.82, 2.24) is 14.7 Å². The van der Waals surface area contributed by atoms with E-state index < -0.39 is 5.97 Å². The van der Waals surface area contributed by atoms with Crippen LogP contribution in [0.25, 0.3) is 0 Å². The van der Waals surface area contributed by atoms with E-state index in [9.17, 15) is 9.59 Å². The molecule has 1 fully saturated rings. The third-order valence-corrected chi connectivity index (χ3v) is 4.90. The van der Waals surface area contributed by atoms with E-state index in [1.165, 1.54) is 12.1 Å². The number of carboxylic acids is 1. The number of aromatic nitrogens is 2. The summed E-state index contributed by atoms with van der Waals surface area (Å²) in [5.74, 6) is -0.970. The zero-order chi connectivity index (χ0) is 18.8. The molecule has 1 saturated heterocycles. The van der Waals surface area contributed by atoms with Gasteiger partial charge in [0, 0.05) is 24.8 Å². The van der Waals surface area contributed by atoms with Crippen LogP contribution in [0.3, 0.4) is 0 Å². The maximum atomic E-state index is 12.9. The molecule has 1 aromatic heterocycles. The van der Waals surface area contributed by atoms with Gasteiger partial charge in [0.2, 0.25) is 5.91 Å². The Morgan fingerprint density at radius 2 is 1.96 bits per heavy atom. The van der Waals surface area contributed by atoms with Crippen molar-refractivity contribution in [3.05, 3.63) is 52.3 Å². The Morgan fingerprint density at radius 1 is 1.27 bits per heavy atom. The molecular formula is C19H23N3O4. The van der Waals surface area contributed by atoms with Crippen molar-refractivity contribution < 1.29 is 19.4 Å². The van der Waals surface area contributed by atoms with E-state index in [0.717, 1.165) is 22.5 Å². The zero-order valence-corrected chi connectivity index (χ0v) is 15.2. The molecule has 1 aliphatic heterocycles. The highest BCUT2D eigenvalue weighted by Crippen LogP contribution is 2.29. The van der Waals surface area contributed by atoms with Crippen LogP contribution in [0.5, 0.6) is 0 Å². The van der Waals surface area contributed by atoms with Crippen LogP contribution in [0, 0.1) is 13.8 Å². The molecular weight excluding hydrogens is 334 g/mol. The summed E-state index contributed by atoms with van der Waals surface area (Å²) in [5, 5.41) is 13.4. The monoisotopic (exact) mass is 357 g/mol. The van der Waals surface area contributed by atoms with E-state index in [-0.39, 0.29) is 23.9 Å². The first-order valence-electron chi connectivity index (χ1n) is 8.58. The molecule has 1 N–H and O–H groups in total. The summed E-state index contributed by atoms with van der Waals surface area (Å²) in [6.07, 6.45) is 0.231. The molecule has 0 bridgehead atoms. The second-order valence-electron chi connectivity index (χ2n) is 6.56. The average Bonchev–Trinajstić information content (AvgIpc) is 2.87. The molecule has 7 heteroatoms. The van der Waals surface area contributed by atoms with E-state index in [0.29, 0.717) is 19.8 Å². The minimum absolute atomic E-state index is 0.00373. The van der Waals surface area contributed by atoms with E-state index >= 15 is 0 Å². The molecule has 1 aliphatic rings. The Labute approximate surface area is 152 Å². The summed E-state index contributed by atoms with van der Waals surface area (Å²) in [4.78, 5) is 25.7. The number of morpholine rings is 1. The summed E-state index contributed by atoms with van der Waals surface area (Å²) in [5.41, 5.74) is 3.99. The lowest BCUT2D eigenvalue weighted by atomic mass is 10.0. The summed E-state index contributed by atoms with van der Waals surface area (Å²) in [6.45, 7) is 5.45. The number of hydrogen-bond donors (Lipinski definition) is 1. The average molecular weight is 357 g/mol. The number of carbonyl (C=O) groups is 2. The normalized spacial score (nSPS) is 17.3. The van der Waals surface area contributed by atoms with Crippen LogP contribution in [0.1, 0.15) is 38.9 Å². The fourth-order valence-corrected chi connectivity index (χ4v) is 3.45. The number of aryl methyl sites for hydroxylation is 2. The topological polar surface area (TPSA) is 84.7 Å². The van der Waals surface area contributed by atoms with Gasteiger partial charge in [-0.15, -0.1) is 0 Å². The third kappa shape index (κ3) is 3.48. The van der Waals surface area contributed by atoms with Gasteiger partial charge in [-0.1, -0.05) is 12.1 Å². The second-order valence-corrected chi connectivity index (χ2v) is 6.56. The Balaban J connectivity index is 1.81. The molecule has 7 nitrogen and oxygen atoms in total. The lowest BCUT2D eigenvalue weighted by Gasteiger charge is -2.36. The molecule has 0 spiro atoms. The van der Waals surface area contributed by atoms with E-state index in [1.54, 1.807) is 12.1 Å². The maximum Gasteiger partial charge on any atom is 0.335 e. The number of ether oxygens (including phenoxy) is 1. The number of aromatic carboxylic acids is 1.